The van der Waals surface area contributed by atoms with E-state index in [4.69, 9.17) is 9.47 Å². The van der Waals surface area contributed by atoms with Crippen molar-refractivity contribution in [2.75, 3.05) is 11.1 Å². The number of aliphatic hydroxyl groups excluding tert-OH is 1. The van der Waals surface area contributed by atoms with Crippen LogP contribution in [-0.2, 0) is 23.1 Å². The van der Waals surface area contributed by atoms with E-state index in [1.165, 1.54) is 18.0 Å². The van der Waals surface area contributed by atoms with Crippen LogP contribution in [0.4, 0.5) is 5.69 Å². The minimum Gasteiger partial charge on any atom is -0.392 e. The molecule has 3 aromatic carbocycles. The summed E-state index contributed by atoms with van der Waals surface area (Å²) >= 11 is 1.52. The Balaban J connectivity index is 1.17. The van der Waals surface area contributed by atoms with Gasteiger partial charge in [0, 0.05) is 30.5 Å². The fraction of sp³-hybridized carbons (Fsp3) is 0.241. The van der Waals surface area contributed by atoms with Crippen LogP contribution in [0.25, 0.3) is 11.0 Å². The maximum Gasteiger partial charge on any atom is 0.275 e. The van der Waals surface area contributed by atoms with Gasteiger partial charge < -0.3 is 19.9 Å². The predicted octanol–water partition coefficient (Wildman–Crippen LogP) is 4.24. The normalized spacial score (nSPS) is 18.8. The summed E-state index contributed by atoms with van der Waals surface area (Å²) < 4.78 is 14.4. The lowest BCUT2D eigenvalue weighted by atomic mass is 10.0. The van der Waals surface area contributed by atoms with Crippen LogP contribution in [-0.4, -0.2) is 53.0 Å². The number of thioether (sulfide) groups is 1. The number of carbonyl (C=O) groups is 1. The maximum atomic E-state index is 12.8. The number of para-hydroxylation sites is 2. The Morgan fingerprint density at radius 3 is 2.51 bits per heavy atom. The van der Waals surface area contributed by atoms with Crippen molar-refractivity contribution in [3.8, 4) is 0 Å². The van der Waals surface area contributed by atoms with Gasteiger partial charge in [0.2, 0.25) is 5.16 Å². The first-order chi connectivity index (χ1) is 20.1. The molecule has 2 N–H and O–H groups in total. The third-order valence-electron chi connectivity index (χ3n) is 6.72. The molecule has 1 saturated heterocycles. The van der Waals surface area contributed by atoms with Crippen LogP contribution in [0.1, 0.15) is 46.0 Å². The number of tetrazole rings is 1. The first-order valence-corrected chi connectivity index (χ1v) is 14.0. The molecule has 11 nitrogen and oxygen atoms in total. The number of benzene rings is 3. The topological polar surface area (TPSA) is 137 Å². The molecule has 5 aromatic rings. The Morgan fingerprint density at radius 2 is 1.78 bits per heavy atom. The highest BCUT2D eigenvalue weighted by molar-refractivity contribution is 7.99. The van der Waals surface area contributed by atoms with Crippen molar-refractivity contribution in [3.63, 3.8) is 0 Å². The van der Waals surface area contributed by atoms with Gasteiger partial charge in [0.25, 0.3) is 5.91 Å². The number of amides is 1. The van der Waals surface area contributed by atoms with Gasteiger partial charge in [-0.1, -0.05) is 60.3 Å². The number of nitrogens with zero attached hydrogens (tertiary/aromatic N) is 6. The zero-order valence-corrected chi connectivity index (χ0v) is 22.9. The second kappa shape index (κ2) is 12.1. The molecule has 0 radical (unpaired) electrons. The van der Waals surface area contributed by atoms with Gasteiger partial charge in [-0.15, -0.1) is 5.10 Å². The molecule has 3 atom stereocenters. The minimum atomic E-state index is -0.620. The zero-order valence-electron chi connectivity index (χ0n) is 22.1. The van der Waals surface area contributed by atoms with Crippen molar-refractivity contribution in [1.82, 2.24) is 30.2 Å². The molecule has 1 aliphatic rings. The average Bonchev–Trinajstić information content (AvgIpc) is 3.44. The van der Waals surface area contributed by atoms with Gasteiger partial charge in [-0.05, 0) is 45.8 Å². The number of hydrogen-bond donors (Lipinski definition) is 2. The predicted molar refractivity (Wildman–Crippen MR) is 152 cm³/mol. The van der Waals surface area contributed by atoms with Gasteiger partial charge in [-0.3, -0.25) is 9.78 Å². The van der Waals surface area contributed by atoms with Gasteiger partial charge in [-0.2, -0.15) is 0 Å². The second-order valence-electron chi connectivity index (χ2n) is 9.57. The Bertz CT molecular complexity index is 1650. The summed E-state index contributed by atoms with van der Waals surface area (Å²) in [6, 6.07) is 22.5. The van der Waals surface area contributed by atoms with Crippen LogP contribution in [0.15, 0.2) is 84.1 Å². The molecule has 0 aliphatic carbocycles. The molecular weight excluding hydrogens is 542 g/mol. The molecule has 0 spiro atoms. The lowest BCUT2D eigenvalue weighted by molar-refractivity contribution is -0.245. The van der Waals surface area contributed by atoms with E-state index in [0.29, 0.717) is 28.5 Å². The number of aliphatic hydroxyl groups is 1. The fourth-order valence-corrected chi connectivity index (χ4v) is 5.39. The Kier molecular flexibility index (Phi) is 7.96. The van der Waals surface area contributed by atoms with Crippen LogP contribution < -0.4 is 5.32 Å². The molecule has 0 saturated carbocycles. The number of rotatable bonds is 8. The van der Waals surface area contributed by atoms with Crippen molar-refractivity contribution in [2.45, 2.75) is 36.7 Å². The Labute approximate surface area is 239 Å². The Morgan fingerprint density at radius 1 is 1.02 bits per heavy atom. The molecule has 41 heavy (non-hydrogen) atoms. The molecule has 208 valence electrons. The molecule has 1 aliphatic heterocycles. The van der Waals surface area contributed by atoms with Crippen molar-refractivity contribution in [3.05, 3.63) is 101 Å². The smallest absolute Gasteiger partial charge is 0.275 e. The summed E-state index contributed by atoms with van der Waals surface area (Å²) in [4.78, 5) is 21.6. The highest BCUT2D eigenvalue weighted by Gasteiger charge is 2.32. The van der Waals surface area contributed by atoms with E-state index >= 15 is 0 Å². The minimum absolute atomic E-state index is 0.0150. The zero-order chi connectivity index (χ0) is 28.2. The van der Waals surface area contributed by atoms with Crippen LogP contribution >= 0.6 is 11.8 Å². The van der Waals surface area contributed by atoms with Crippen LogP contribution in [0, 0.1) is 0 Å². The number of carbonyl (C=O) groups excluding carboxylic acids is 1. The Hall–Kier alpha value is -4.23. The third kappa shape index (κ3) is 6.25. The quantitative estimate of drug-likeness (QED) is 0.261. The van der Waals surface area contributed by atoms with Crippen LogP contribution in [0.5, 0.6) is 0 Å². The van der Waals surface area contributed by atoms with Gasteiger partial charge >= 0.3 is 0 Å². The fourth-order valence-electron chi connectivity index (χ4n) is 4.52. The van der Waals surface area contributed by atoms with E-state index in [1.807, 2.05) is 72.8 Å². The molecule has 12 heteroatoms. The largest absolute Gasteiger partial charge is 0.392 e. The molecular formula is C29H27N7O4S. The summed E-state index contributed by atoms with van der Waals surface area (Å²) in [5, 5.41) is 24.7. The van der Waals surface area contributed by atoms with Crippen LogP contribution in [0.2, 0.25) is 0 Å². The van der Waals surface area contributed by atoms with Crippen molar-refractivity contribution in [1.29, 1.82) is 0 Å². The lowest BCUT2D eigenvalue weighted by Gasteiger charge is -2.36. The van der Waals surface area contributed by atoms with E-state index in [1.54, 1.807) is 11.7 Å². The lowest BCUT2D eigenvalue weighted by Crippen LogP contribution is -2.31. The summed E-state index contributed by atoms with van der Waals surface area (Å²) in [6.07, 6.45) is 1.15. The molecule has 1 amide bonds. The number of fused-ring (bicyclic) bond motifs is 1. The molecule has 2 aromatic heterocycles. The van der Waals surface area contributed by atoms with Gasteiger partial charge in [0.1, 0.15) is 5.69 Å². The molecule has 6 rings (SSSR count). The van der Waals surface area contributed by atoms with E-state index in [9.17, 15) is 9.90 Å². The second-order valence-corrected chi connectivity index (χ2v) is 10.6. The van der Waals surface area contributed by atoms with Crippen molar-refractivity contribution >= 4 is 34.4 Å². The van der Waals surface area contributed by atoms with E-state index in [2.05, 4.69) is 30.8 Å². The first kappa shape index (κ1) is 27.0. The van der Waals surface area contributed by atoms with Gasteiger partial charge in [-0.25, -0.2) is 9.67 Å². The van der Waals surface area contributed by atoms with Gasteiger partial charge in [0.15, 0.2) is 6.29 Å². The first-order valence-electron chi connectivity index (χ1n) is 13.0. The molecule has 3 unspecified atom stereocenters. The molecule has 3 heterocycles. The highest BCUT2D eigenvalue weighted by Crippen LogP contribution is 2.39. The van der Waals surface area contributed by atoms with Crippen molar-refractivity contribution < 1.29 is 19.4 Å². The number of aryl methyl sites for hydroxylation is 1. The third-order valence-corrected chi connectivity index (χ3v) is 7.86. The molecule has 0 bridgehead atoms. The van der Waals surface area contributed by atoms with Crippen LogP contribution in [0.3, 0.4) is 0 Å². The number of anilines is 1. The highest BCUT2D eigenvalue weighted by atomic mass is 32.2. The van der Waals surface area contributed by atoms with Crippen molar-refractivity contribution in [2.24, 2.45) is 7.05 Å². The summed E-state index contributed by atoms with van der Waals surface area (Å²) in [5.41, 5.74) is 4.90. The van der Waals surface area contributed by atoms with Gasteiger partial charge in [0.05, 0.1) is 36.0 Å². The van der Waals surface area contributed by atoms with E-state index < -0.39 is 6.29 Å². The standard InChI is InChI=1S/C29H27N7O4S/c1-36-29(33-34-35-36)41-17-22-14-26(19-8-6-18(16-37)7-9-19)40-28(39-22)20-10-12-21(13-11-20)31-27(38)25-15-30-23-4-2-3-5-24(23)32-25/h2-13,15,22,26,28,37H,14,16-17H2,1H3,(H,31,38). The number of nitrogens with one attached hydrogen (secondary N) is 1. The monoisotopic (exact) mass is 569 g/mol. The number of aromatic nitrogens is 6. The average molecular weight is 570 g/mol. The van der Waals surface area contributed by atoms with E-state index in [0.717, 1.165) is 22.2 Å². The number of hydrogen-bond acceptors (Lipinski definition) is 10. The summed E-state index contributed by atoms with van der Waals surface area (Å²) in [6.45, 7) is -0.0150. The molecule has 1 fully saturated rings. The van der Waals surface area contributed by atoms with E-state index in [-0.39, 0.29) is 30.4 Å². The SMILES string of the molecule is Cn1nnnc1SCC1CC(c2ccc(CO)cc2)OC(c2ccc(NC(=O)c3cnc4ccccc4n3)cc2)O1. The summed E-state index contributed by atoms with van der Waals surface area (Å²) in [5.74, 6) is 0.295. The maximum absolute atomic E-state index is 12.8. The number of ether oxygens (including phenoxy) is 2. The summed E-state index contributed by atoms with van der Waals surface area (Å²) in [7, 11) is 1.80.